The second-order valence-corrected chi connectivity index (χ2v) is 5.92. The van der Waals surface area contributed by atoms with Crippen molar-refractivity contribution in [3.8, 4) is 11.1 Å². The van der Waals surface area contributed by atoms with Crippen molar-refractivity contribution >= 4 is 22.2 Å². The number of rotatable bonds is 3. The van der Waals surface area contributed by atoms with Crippen molar-refractivity contribution in [1.82, 2.24) is 25.0 Å². The fourth-order valence-electron chi connectivity index (χ4n) is 2.44. The monoisotopic (exact) mass is 295 g/mol. The third kappa shape index (κ3) is 2.23. The Morgan fingerprint density at radius 3 is 3.00 bits per heavy atom. The molecule has 3 aromatic heterocycles. The summed E-state index contributed by atoms with van der Waals surface area (Å²) >= 11 is 1.66. The van der Waals surface area contributed by atoms with E-state index in [2.05, 4.69) is 32.4 Å². The molecular weight excluding hydrogens is 282 g/mol. The molecule has 0 atom stereocenters. The highest BCUT2D eigenvalue weighted by Gasteiger charge is 2.10. The Bertz CT molecular complexity index is 888. The average molecular weight is 295 g/mol. The van der Waals surface area contributed by atoms with Gasteiger partial charge in [0, 0.05) is 47.9 Å². The van der Waals surface area contributed by atoms with Crippen molar-refractivity contribution in [2.24, 2.45) is 7.05 Å². The van der Waals surface area contributed by atoms with Gasteiger partial charge in [-0.1, -0.05) is 6.07 Å². The third-order valence-corrected chi connectivity index (χ3v) is 4.26. The molecule has 0 fully saturated rings. The molecule has 0 aliphatic rings. The van der Waals surface area contributed by atoms with E-state index in [0.29, 0.717) is 0 Å². The van der Waals surface area contributed by atoms with Gasteiger partial charge in [0.15, 0.2) is 0 Å². The fraction of sp³-hybridized carbons (Fsp3) is 0.133. The second kappa shape index (κ2) is 4.82. The third-order valence-electron chi connectivity index (χ3n) is 3.48. The van der Waals surface area contributed by atoms with Crippen molar-refractivity contribution in [3.05, 3.63) is 52.9 Å². The smallest absolute Gasteiger partial charge is 0.0984 e. The fourth-order valence-corrected chi connectivity index (χ4v) is 3.07. The van der Waals surface area contributed by atoms with E-state index < -0.39 is 0 Å². The van der Waals surface area contributed by atoms with Gasteiger partial charge in [0.1, 0.15) is 0 Å². The van der Waals surface area contributed by atoms with Crippen molar-refractivity contribution in [2.75, 3.05) is 0 Å². The molecule has 0 unspecified atom stereocenters. The molecule has 1 N–H and O–H groups in total. The number of thiazole rings is 1. The van der Waals surface area contributed by atoms with Gasteiger partial charge in [-0.25, -0.2) is 4.98 Å². The number of aromatic amines is 1. The Morgan fingerprint density at radius 2 is 2.24 bits per heavy atom. The van der Waals surface area contributed by atoms with E-state index in [1.165, 1.54) is 0 Å². The molecule has 104 valence electrons. The summed E-state index contributed by atoms with van der Waals surface area (Å²) in [6, 6.07) is 6.28. The van der Waals surface area contributed by atoms with Crippen LogP contribution in [0.1, 0.15) is 10.7 Å². The molecule has 3 heterocycles. The van der Waals surface area contributed by atoms with Crippen LogP contribution < -0.4 is 0 Å². The number of aryl methyl sites for hydroxylation is 1. The molecule has 1 aromatic carbocycles. The van der Waals surface area contributed by atoms with E-state index in [1.807, 2.05) is 41.8 Å². The molecule has 5 nitrogen and oxygen atoms in total. The summed E-state index contributed by atoms with van der Waals surface area (Å²) in [7, 11) is 1.92. The highest BCUT2D eigenvalue weighted by Crippen LogP contribution is 2.26. The van der Waals surface area contributed by atoms with Gasteiger partial charge in [-0.15, -0.1) is 11.3 Å². The van der Waals surface area contributed by atoms with E-state index in [9.17, 15) is 0 Å². The first-order chi connectivity index (χ1) is 10.3. The first kappa shape index (κ1) is 12.3. The Kier molecular flexibility index (Phi) is 2.82. The molecule has 0 aliphatic heterocycles. The maximum atomic E-state index is 4.37. The minimum absolute atomic E-state index is 0.782. The summed E-state index contributed by atoms with van der Waals surface area (Å²) in [4.78, 5) is 4.34. The van der Waals surface area contributed by atoms with E-state index in [0.717, 1.165) is 39.2 Å². The summed E-state index contributed by atoms with van der Waals surface area (Å²) in [5.74, 6) is 0. The van der Waals surface area contributed by atoms with Crippen molar-refractivity contribution in [2.45, 2.75) is 6.42 Å². The zero-order valence-electron chi connectivity index (χ0n) is 11.4. The topological polar surface area (TPSA) is 59.4 Å². The van der Waals surface area contributed by atoms with Crippen molar-refractivity contribution in [3.63, 3.8) is 0 Å². The number of benzene rings is 1. The molecule has 0 saturated carbocycles. The highest BCUT2D eigenvalue weighted by atomic mass is 32.1. The van der Waals surface area contributed by atoms with Crippen LogP contribution in [0.5, 0.6) is 0 Å². The van der Waals surface area contributed by atoms with Crippen LogP contribution in [-0.2, 0) is 13.5 Å². The lowest BCUT2D eigenvalue weighted by Gasteiger charge is -1.99. The van der Waals surface area contributed by atoms with Gasteiger partial charge in [-0.3, -0.25) is 9.78 Å². The van der Waals surface area contributed by atoms with Crippen LogP contribution in [0.4, 0.5) is 0 Å². The molecule has 6 heteroatoms. The molecule has 0 aliphatic carbocycles. The van der Waals surface area contributed by atoms with Gasteiger partial charge in [-0.05, 0) is 17.7 Å². The van der Waals surface area contributed by atoms with Gasteiger partial charge < -0.3 is 0 Å². The molecule has 0 radical (unpaired) electrons. The summed E-state index contributed by atoms with van der Waals surface area (Å²) < 4.78 is 1.81. The minimum atomic E-state index is 0.782. The maximum Gasteiger partial charge on any atom is 0.0984 e. The first-order valence-corrected chi connectivity index (χ1v) is 7.52. The molecular formula is C15H13N5S. The number of H-pyrrole nitrogens is 1. The van der Waals surface area contributed by atoms with Crippen LogP contribution in [-0.4, -0.2) is 25.0 Å². The van der Waals surface area contributed by atoms with Gasteiger partial charge in [0.05, 0.1) is 16.7 Å². The van der Waals surface area contributed by atoms with Crippen molar-refractivity contribution in [1.29, 1.82) is 0 Å². The molecule has 0 amide bonds. The summed E-state index contributed by atoms with van der Waals surface area (Å²) in [5.41, 5.74) is 4.35. The van der Waals surface area contributed by atoms with Crippen LogP contribution in [0.15, 0.2) is 42.2 Å². The van der Waals surface area contributed by atoms with Crippen molar-refractivity contribution < 1.29 is 0 Å². The predicted octanol–water partition coefficient (Wildman–Crippen LogP) is 3.01. The quantitative estimate of drug-likeness (QED) is 0.632. The first-order valence-electron chi connectivity index (χ1n) is 6.64. The van der Waals surface area contributed by atoms with Gasteiger partial charge in [0.25, 0.3) is 0 Å². The number of nitrogens with one attached hydrogen (secondary N) is 1. The number of hydrogen-bond donors (Lipinski definition) is 1. The average Bonchev–Trinajstić information content (AvgIpc) is 3.21. The number of fused-ring (bicyclic) bond motifs is 1. The predicted molar refractivity (Wildman–Crippen MR) is 83.2 cm³/mol. The molecule has 0 bridgehead atoms. The van der Waals surface area contributed by atoms with Crippen LogP contribution >= 0.6 is 11.3 Å². The maximum absolute atomic E-state index is 4.37. The van der Waals surface area contributed by atoms with Crippen LogP contribution in [0.2, 0.25) is 0 Å². The number of nitrogens with zero attached hydrogens (tertiary/aromatic N) is 4. The standard InChI is InChI=1S/C15H13N5S/c1-20-9-11(8-17-20)10-2-3-13-12(6-10)14(19-18-13)7-15-16-4-5-21-15/h2-6,8-9H,7H2,1H3,(H,18,19). The second-order valence-electron chi connectivity index (χ2n) is 4.94. The Hall–Kier alpha value is -2.47. The highest BCUT2D eigenvalue weighted by molar-refractivity contribution is 7.09. The number of hydrogen-bond acceptors (Lipinski definition) is 4. The minimum Gasteiger partial charge on any atom is -0.281 e. The Morgan fingerprint density at radius 1 is 1.29 bits per heavy atom. The summed E-state index contributed by atoms with van der Waals surface area (Å²) in [5, 5.41) is 16.0. The molecule has 4 rings (SSSR count). The van der Waals surface area contributed by atoms with E-state index in [1.54, 1.807) is 11.3 Å². The Labute approximate surface area is 125 Å². The van der Waals surface area contributed by atoms with Gasteiger partial charge in [-0.2, -0.15) is 10.2 Å². The van der Waals surface area contributed by atoms with E-state index in [-0.39, 0.29) is 0 Å². The molecule has 21 heavy (non-hydrogen) atoms. The van der Waals surface area contributed by atoms with Crippen LogP contribution in [0.25, 0.3) is 22.0 Å². The largest absolute Gasteiger partial charge is 0.281 e. The lowest BCUT2D eigenvalue weighted by atomic mass is 10.1. The SMILES string of the molecule is Cn1cc(-c2ccc3n[nH]c(Cc4nccs4)c3c2)cn1. The number of aromatic nitrogens is 5. The van der Waals surface area contributed by atoms with E-state index >= 15 is 0 Å². The summed E-state index contributed by atoms with van der Waals surface area (Å²) in [6.07, 6.45) is 6.51. The normalized spacial score (nSPS) is 11.3. The molecule has 0 spiro atoms. The lowest BCUT2D eigenvalue weighted by molar-refractivity contribution is 0.768. The van der Waals surface area contributed by atoms with E-state index in [4.69, 9.17) is 0 Å². The summed E-state index contributed by atoms with van der Waals surface area (Å²) in [6.45, 7) is 0. The molecule has 4 aromatic rings. The zero-order chi connectivity index (χ0) is 14.2. The van der Waals surface area contributed by atoms with Crippen LogP contribution in [0.3, 0.4) is 0 Å². The van der Waals surface area contributed by atoms with Gasteiger partial charge in [0.2, 0.25) is 0 Å². The van der Waals surface area contributed by atoms with Crippen LogP contribution in [0, 0.1) is 0 Å². The molecule has 0 saturated heterocycles. The van der Waals surface area contributed by atoms with Gasteiger partial charge >= 0.3 is 0 Å². The zero-order valence-corrected chi connectivity index (χ0v) is 12.3. The lowest BCUT2D eigenvalue weighted by Crippen LogP contribution is -1.88. The Balaban J connectivity index is 1.78.